The lowest BCUT2D eigenvalue weighted by molar-refractivity contribution is 0.116. The van der Waals surface area contributed by atoms with Gasteiger partial charge in [0.1, 0.15) is 5.82 Å². The minimum absolute atomic E-state index is 0.0278. The van der Waals surface area contributed by atoms with Crippen molar-refractivity contribution in [2.75, 3.05) is 5.01 Å². The molecule has 1 aliphatic heterocycles. The van der Waals surface area contributed by atoms with Crippen molar-refractivity contribution >= 4 is 11.9 Å². The van der Waals surface area contributed by atoms with E-state index in [4.69, 9.17) is 4.42 Å². The summed E-state index contributed by atoms with van der Waals surface area (Å²) in [6.45, 7) is 0.393. The Morgan fingerprint density at radius 2 is 1.92 bits per heavy atom. The van der Waals surface area contributed by atoms with Crippen molar-refractivity contribution < 1.29 is 17.6 Å². The number of halogens is 3. The second kappa shape index (κ2) is 6.00. The molecule has 0 N–H and O–H groups in total. The molecule has 0 saturated heterocycles. The van der Waals surface area contributed by atoms with Crippen LogP contribution in [0, 0.1) is 5.82 Å². The van der Waals surface area contributed by atoms with Crippen LogP contribution in [0.4, 0.5) is 18.9 Å². The fourth-order valence-electron chi connectivity index (χ4n) is 2.40. The summed E-state index contributed by atoms with van der Waals surface area (Å²) in [7, 11) is 0. The van der Waals surface area contributed by atoms with E-state index in [0.29, 0.717) is 17.7 Å². The molecule has 1 aromatic carbocycles. The Bertz CT molecular complexity index is 939. The maximum Gasteiger partial charge on any atom is 0.314 e. The summed E-state index contributed by atoms with van der Waals surface area (Å²) < 4.78 is 43.0. The van der Waals surface area contributed by atoms with Gasteiger partial charge in [0.2, 0.25) is 5.89 Å². The Morgan fingerprint density at radius 3 is 2.64 bits per heavy atom. The highest BCUT2D eigenvalue weighted by molar-refractivity contribution is 5.85. The number of rotatable bonds is 3. The van der Waals surface area contributed by atoms with Crippen LogP contribution in [0.3, 0.4) is 0 Å². The van der Waals surface area contributed by atoms with Crippen LogP contribution in [-0.2, 0) is 6.54 Å². The fraction of sp³-hybridized carbons (Fsp3) is 0.125. The SMILES string of the molecule is Fc1ccc(N2Cc3ncc(-c4nnc(C(F)F)o4)cc3C=N2)cc1. The Kier molecular flexibility index (Phi) is 3.68. The lowest BCUT2D eigenvalue weighted by Gasteiger charge is -2.23. The second-order valence-corrected chi connectivity index (χ2v) is 5.28. The first kappa shape index (κ1) is 15.3. The summed E-state index contributed by atoms with van der Waals surface area (Å²) in [6.07, 6.45) is 0.241. The first-order valence-corrected chi connectivity index (χ1v) is 7.28. The summed E-state index contributed by atoms with van der Waals surface area (Å²) in [6, 6.07) is 7.64. The maximum atomic E-state index is 13.0. The number of hydrazone groups is 1. The lowest BCUT2D eigenvalue weighted by atomic mass is 10.1. The normalized spacial score (nSPS) is 13.4. The van der Waals surface area contributed by atoms with E-state index in [1.54, 1.807) is 29.4 Å². The molecule has 0 unspecified atom stereocenters. The first-order valence-electron chi connectivity index (χ1n) is 7.28. The van der Waals surface area contributed by atoms with E-state index < -0.39 is 12.3 Å². The number of aromatic nitrogens is 3. The fourth-order valence-corrected chi connectivity index (χ4v) is 2.40. The van der Waals surface area contributed by atoms with E-state index in [1.807, 2.05) is 0 Å². The van der Waals surface area contributed by atoms with Gasteiger partial charge in [0, 0.05) is 11.8 Å². The van der Waals surface area contributed by atoms with Crippen LogP contribution in [0.1, 0.15) is 23.6 Å². The van der Waals surface area contributed by atoms with Crippen LogP contribution >= 0.6 is 0 Å². The third-order valence-electron chi connectivity index (χ3n) is 3.64. The van der Waals surface area contributed by atoms with Gasteiger partial charge in [-0.25, -0.2) is 4.39 Å². The molecule has 0 amide bonds. The van der Waals surface area contributed by atoms with Gasteiger partial charge in [-0.2, -0.15) is 13.9 Å². The number of pyridine rings is 1. The van der Waals surface area contributed by atoms with Crippen molar-refractivity contribution in [3.63, 3.8) is 0 Å². The predicted octanol–water partition coefficient (Wildman–Crippen LogP) is 3.56. The van der Waals surface area contributed by atoms with Crippen molar-refractivity contribution in [1.29, 1.82) is 0 Å². The topological polar surface area (TPSA) is 67.4 Å². The van der Waals surface area contributed by atoms with Crippen molar-refractivity contribution in [3.8, 4) is 11.5 Å². The molecule has 0 radical (unpaired) electrons. The molecule has 1 aliphatic rings. The minimum atomic E-state index is -2.82. The molecular formula is C16H10F3N5O. The Balaban J connectivity index is 1.60. The van der Waals surface area contributed by atoms with E-state index in [1.165, 1.54) is 18.3 Å². The molecule has 9 heteroatoms. The third kappa shape index (κ3) is 2.95. The molecule has 4 rings (SSSR count). The van der Waals surface area contributed by atoms with Crippen LogP contribution in [0.2, 0.25) is 0 Å². The zero-order valence-electron chi connectivity index (χ0n) is 12.6. The summed E-state index contributed by atoms with van der Waals surface area (Å²) in [4.78, 5) is 4.32. The van der Waals surface area contributed by atoms with Gasteiger partial charge in [-0.15, -0.1) is 10.2 Å². The number of hydrogen-bond acceptors (Lipinski definition) is 6. The number of nitrogens with zero attached hydrogens (tertiary/aromatic N) is 5. The number of alkyl halides is 2. The van der Waals surface area contributed by atoms with Gasteiger partial charge in [0.25, 0.3) is 5.89 Å². The summed E-state index contributed by atoms with van der Waals surface area (Å²) in [5, 5.41) is 12.9. The highest BCUT2D eigenvalue weighted by atomic mass is 19.3. The Hall–Kier alpha value is -3.23. The average molecular weight is 345 g/mol. The standard InChI is InChI=1S/C16H10F3N5O/c17-11-1-3-12(4-2-11)24-8-13-9(7-21-24)5-10(6-20-13)15-22-23-16(25-15)14(18)19/h1-7,14H,8H2. The molecule has 0 bridgehead atoms. The Labute approximate surface area is 139 Å². The van der Waals surface area contributed by atoms with Gasteiger partial charge in [-0.1, -0.05) is 0 Å². The highest BCUT2D eigenvalue weighted by Gasteiger charge is 2.20. The zero-order valence-corrected chi connectivity index (χ0v) is 12.6. The summed E-state index contributed by atoms with van der Waals surface area (Å²) >= 11 is 0. The van der Waals surface area contributed by atoms with Crippen molar-refractivity contribution in [1.82, 2.24) is 15.2 Å². The summed E-state index contributed by atoms with van der Waals surface area (Å²) in [5.74, 6) is -1.08. The smallest absolute Gasteiger partial charge is 0.314 e. The highest BCUT2D eigenvalue weighted by Crippen LogP contribution is 2.26. The third-order valence-corrected chi connectivity index (χ3v) is 3.64. The molecule has 2 aromatic heterocycles. The van der Waals surface area contributed by atoms with E-state index in [2.05, 4.69) is 20.3 Å². The van der Waals surface area contributed by atoms with E-state index in [-0.39, 0.29) is 11.7 Å². The minimum Gasteiger partial charge on any atom is -0.415 e. The molecule has 0 aliphatic carbocycles. The molecule has 25 heavy (non-hydrogen) atoms. The predicted molar refractivity (Wildman–Crippen MR) is 82.7 cm³/mol. The van der Waals surface area contributed by atoms with Crippen molar-refractivity contribution in [2.45, 2.75) is 13.0 Å². The molecule has 0 atom stereocenters. The first-order chi connectivity index (χ1) is 12.1. The maximum absolute atomic E-state index is 13.0. The molecule has 126 valence electrons. The van der Waals surface area contributed by atoms with Crippen molar-refractivity contribution in [2.24, 2.45) is 5.10 Å². The zero-order chi connectivity index (χ0) is 17.4. The number of anilines is 1. The average Bonchev–Trinajstić information content (AvgIpc) is 3.12. The molecule has 6 nitrogen and oxygen atoms in total. The van der Waals surface area contributed by atoms with E-state index >= 15 is 0 Å². The van der Waals surface area contributed by atoms with Crippen molar-refractivity contribution in [3.05, 3.63) is 59.5 Å². The number of hydrogen-bond donors (Lipinski definition) is 0. The molecule has 0 saturated carbocycles. The molecule has 3 heterocycles. The van der Waals surface area contributed by atoms with Crippen LogP contribution in [0.15, 0.2) is 46.0 Å². The quantitative estimate of drug-likeness (QED) is 0.726. The van der Waals surface area contributed by atoms with Crippen LogP contribution in [0.5, 0.6) is 0 Å². The number of fused-ring (bicyclic) bond motifs is 1. The largest absolute Gasteiger partial charge is 0.415 e. The monoisotopic (exact) mass is 345 g/mol. The van der Waals surface area contributed by atoms with Gasteiger partial charge >= 0.3 is 6.43 Å². The van der Waals surface area contributed by atoms with Gasteiger partial charge in [-0.3, -0.25) is 9.99 Å². The summed E-state index contributed by atoms with van der Waals surface area (Å²) in [5.41, 5.74) is 2.61. The van der Waals surface area contributed by atoms with Gasteiger partial charge in [0.05, 0.1) is 29.7 Å². The molecule has 3 aromatic rings. The lowest BCUT2D eigenvalue weighted by Crippen LogP contribution is -2.22. The van der Waals surface area contributed by atoms with E-state index in [0.717, 1.165) is 11.4 Å². The number of benzene rings is 1. The molecule has 0 spiro atoms. The van der Waals surface area contributed by atoms with E-state index in [9.17, 15) is 13.2 Å². The van der Waals surface area contributed by atoms with Gasteiger partial charge in [0.15, 0.2) is 0 Å². The van der Waals surface area contributed by atoms with Gasteiger partial charge in [-0.05, 0) is 30.3 Å². The van der Waals surface area contributed by atoms with Crippen LogP contribution < -0.4 is 5.01 Å². The molecule has 0 fully saturated rings. The second-order valence-electron chi connectivity index (χ2n) is 5.28. The van der Waals surface area contributed by atoms with Crippen LogP contribution in [-0.4, -0.2) is 21.4 Å². The Morgan fingerprint density at radius 1 is 1.12 bits per heavy atom. The molecular weight excluding hydrogens is 335 g/mol. The van der Waals surface area contributed by atoms with Gasteiger partial charge < -0.3 is 4.42 Å². The van der Waals surface area contributed by atoms with Crippen LogP contribution in [0.25, 0.3) is 11.5 Å².